The smallest absolute Gasteiger partial charge is 0.327 e. The van der Waals surface area contributed by atoms with E-state index in [0.717, 1.165) is 6.61 Å². The van der Waals surface area contributed by atoms with Gasteiger partial charge in [-0.15, -0.1) is 0 Å². The van der Waals surface area contributed by atoms with Crippen LogP contribution in [0.4, 0.5) is 9.59 Å². The van der Waals surface area contributed by atoms with Crippen molar-refractivity contribution in [3.8, 4) is 0 Å². The predicted octanol–water partition coefficient (Wildman–Crippen LogP) is -0.406. The van der Waals surface area contributed by atoms with E-state index in [1.165, 1.54) is 0 Å². The molecule has 4 aliphatic heterocycles. The molecule has 0 radical (unpaired) electrons. The molecule has 4 rings (SSSR count). The zero-order valence-electron chi connectivity index (χ0n) is 11.4. The molecule has 4 heterocycles. The molecule has 4 saturated heterocycles. The largest absolute Gasteiger partial charge is 0.373 e. The molecular weight excluding hydrogens is 266 g/mol. The van der Waals surface area contributed by atoms with Gasteiger partial charge in [0.2, 0.25) is 0 Å². The minimum Gasteiger partial charge on any atom is -0.373 e. The van der Waals surface area contributed by atoms with Crippen molar-refractivity contribution in [2.45, 2.75) is 25.2 Å². The second kappa shape index (κ2) is 5.55. The molecule has 0 aliphatic carbocycles. The Hall–Kier alpha value is -1.38. The lowest BCUT2D eigenvalue weighted by Crippen LogP contribution is -2.60. The number of carbonyl (C=O) groups excluding carboxylic acids is 2. The molecule has 112 valence electrons. The van der Waals surface area contributed by atoms with Crippen molar-refractivity contribution >= 4 is 12.1 Å². The van der Waals surface area contributed by atoms with Gasteiger partial charge >= 0.3 is 12.1 Å². The first-order valence-electron chi connectivity index (χ1n) is 6.81. The lowest BCUT2D eigenvalue weighted by Gasteiger charge is -2.34. The van der Waals surface area contributed by atoms with E-state index in [-0.39, 0.29) is 24.3 Å². The fourth-order valence-electron chi connectivity index (χ4n) is 1.80. The van der Waals surface area contributed by atoms with Gasteiger partial charge in [0, 0.05) is 0 Å². The standard InChI is InChI=1S/C9H13N3O4.C3H6O/c13-8-10-9(14)12(2-7-4-16-7)5-11(8)1-6-3-15-6;1-3-2-4-3/h6-7H,1-5H2,(H,10,13,14);3H,2H2,1H3. The third-order valence-electron chi connectivity index (χ3n) is 3.28. The maximum Gasteiger partial charge on any atom is 0.327 e. The molecule has 4 aliphatic rings. The summed E-state index contributed by atoms with van der Waals surface area (Å²) in [5.74, 6) is 0. The Bertz CT molecular complexity index is 363. The summed E-state index contributed by atoms with van der Waals surface area (Å²) in [6.07, 6.45) is 0.857. The van der Waals surface area contributed by atoms with Crippen molar-refractivity contribution in [2.75, 3.05) is 39.6 Å². The van der Waals surface area contributed by atoms with Gasteiger partial charge in [-0.3, -0.25) is 5.32 Å². The fraction of sp³-hybridized carbons (Fsp3) is 0.833. The summed E-state index contributed by atoms with van der Waals surface area (Å²) in [5.41, 5.74) is 0. The molecule has 1 N–H and O–H groups in total. The molecule has 3 atom stereocenters. The summed E-state index contributed by atoms with van der Waals surface area (Å²) in [4.78, 5) is 26.2. The summed E-state index contributed by atoms with van der Waals surface area (Å²) in [5, 5.41) is 2.31. The van der Waals surface area contributed by atoms with Gasteiger partial charge < -0.3 is 24.0 Å². The van der Waals surface area contributed by atoms with E-state index in [1.54, 1.807) is 9.80 Å². The summed E-state index contributed by atoms with van der Waals surface area (Å²) < 4.78 is 14.8. The van der Waals surface area contributed by atoms with Gasteiger partial charge in [-0.2, -0.15) is 0 Å². The SMILES string of the molecule is CC1CO1.O=C1NC(=O)N(CC2CO2)CN1CC1CO1. The molecule has 0 aromatic rings. The number of urea groups is 2. The maximum atomic E-state index is 11.5. The second-order valence-corrected chi connectivity index (χ2v) is 5.38. The van der Waals surface area contributed by atoms with E-state index in [1.807, 2.05) is 0 Å². The number of hydrogen-bond donors (Lipinski definition) is 1. The average molecular weight is 285 g/mol. The fourth-order valence-corrected chi connectivity index (χ4v) is 1.80. The molecule has 20 heavy (non-hydrogen) atoms. The van der Waals surface area contributed by atoms with Crippen molar-refractivity contribution in [3.63, 3.8) is 0 Å². The van der Waals surface area contributed by atoms with E-state index >= 15 is 0 Å². The van der Waals surface area contributed by atoms with E-state index < -0.39 is 0 Å². The van der Waals surface area contributed by atoms with Crippen LogP contribution >= 0.6 is 0 Å². The highest BCUT2D eigenvalue weighted by atomic mass is 16.6. The zero-order valence-corrected chi connectivity index (χ0v) is 11.4. The van der Waals surface area contributed by atoms with E-state index in [2.05, 4.69) is 12.2 Å². The molecule has 0 aromatic heterocycles. The van der Waals surface area contributed by atoms with Gasteiger partial charge in [0.25, 0.3) is 0 Å². The highest BCUT2D eigenvalue weighted by Crippen LogP contribution is 2.16. The number of nitrogens with zero attached hydrogens (tertiary/aromatic N) is 2. The number of epoxide rings is 3. The summed E-state index contributed by atoms with van der Waals surface area (Å²) in [7, 11) is 0. The normalized spacial score (nSPS) is 34.1. The van der Waals surface area contributed by atoms with Crippen molar-refractivity contribution in [1.82, 2.24) is 15.1 Å². The van der Waals surface area contributed by atoms with Gasteiger partial charge in [0.1, 0.15) is 0 Å². The Kier molecular flexibility index (Phi) is 3.77. The topological polar surface area (TPSA) is 90.2 Å². The first-order chi connectivity index (χ1) is 9.61. The Morgan fingerprint density at radius 3 is 1.70 bits per heavy atom. The zero-order chi connectivity index (χ0) is 14.1. The van der Waals surface area contributed by atoms with E-state index in [4.69, 9.17) is 14.2 Å². The Morgan fingerprint density at radius 2 is 1.40 bits per heavy atom. The quantitative estimate of drug-likeness (QED) is 0.709. The molecular formula is C12H19N3O5. The molecule has 0 saturated carbocycles. The minimum atomic E-state index is -0.339. The lowest BCUT2D eigenvalue weighted by molar-refractivity contribution is 0.114. The molecule has 3 unspecified atom stereocenters. The first kappa shape index (κ1) is 13.6. The van der Waals surface area contributed by atoms with Gasteiger partial charge in [-0.05, 0) is 6.92 Å². The number of imide groups is 1. The van der Waals surface area contributed by atoms with Crippen LogP contribution in [0, 0.1) is 0 Å². The van der Waals surface area contributed by atoms with Crippen LogP contribution in [0.5, 0.6) is 0 Å². The van der Waals surface area contributed by atoms with Gasteiger partial charge in [0.05, 0.1) is 57.9 Å². The van der Waals surface area contributed by atoms with Crippen LogP contribution in [0.3, 0.4) is 0 Å². The predicted molar refractivity (Wildman–Crippen MR) is 67.1 cm³/mol. The van der Waals surface area contributed by atoms with Crippen molar-refractivity contribution in [2.24, 2.45) is 0 Å². The van der Waals surface area contributed by atoms with Crippen LogP contribution in [-0.2, 0) is 14.2 Å². The van der Waals surface area contributed by atoms with Crippen LogP contribution in [0.25, 0.3) is 0 Å². The van der Waals surface area contributed by atoms with Crippen molar-refractivity contribution in [1.29, 1.82) is 0 Å². The minimum absolute atomic E-state index is 0.137. The molecule has 4 amide bonds. The first-order valence-corrected chi connectivity index (χ1v) is 6.81. The third-order valence-corrected chi connectivity index (χ3v) is 3.28. The lowest BCUT2D eigenvalue weighted by atomic mass is 10.4. The summed E-state index contributed by atoms with van der Waals surface area (Å²) >= 11 is 0. The van der Waals surface area contributed by atoms with E-state index in [0.29, 0.717) is 39.1 Å². The van der Waals surface area contributed by atoms with Crippen LogP contribution in [0.15, 0.2) is 0 Å². The number of hydrogen-bond acceptors (Lipinski definition) is 5. The summed E-state index contributed by atoms with van der Waals surface area (Å²) in [6, 6.07) is -0.679. The highest BCUT2D eigenvalue weighted by molar-refractivity contribution is 5.95. The monoisotopic (exact) mass is 285 g/mol. The van der Waals surface area contributed by atoms with Crippen LogP contribution in [0.2, 0.25) is 0 Å². The number of rotatable bonds is 4. The van der Waals surface area contributed by atoms with Gasteiger partial charge in [0.15, 0.2) is 0 Å². The number of amides is 4. The maximum absolute atomic E-state index is 11.5. The average Bonchev–Trinajstić information content (AvgIpc) is 3.19. The van der Waals surface area contributed by atoms with Gasteiger partial charge in [-0.1, -0.05) is 0 Å². The Balaban J connectivity index is 0.000000261. The van der Waals surface area contributed by atoms with Crippen molar-refractivity contribution < 1.29 is 23.8 Å². The molecule has 0 aromatic carbocycles. The molecule has 0 spiro atoms. The van der Waals surface area contributed by atoms with Crippen LogP contribution < -0.4 is 5.32 Å². The molecule has 4 fully saturated rings. The Labute approximate surface area is 116 Å². The van der Waals surface area contributed by atoms with Crippen molar-refractivity contribution in [3.05, 3.63) is 0 Å². The highest BCUT2D eigenvalue weighted by Gasteiger charge is 2.36. The summed E-state index contributed by atoms with van der Waals surface area (Å²) in [6.45, 7) is 5.85. The number of nitrogens with one attached hydrogen (secondary N) is 1. The van der Waals surface area contributed by atoms with Gasteiger partial charge in [-0.25, -0.2) is 9.59 Å². The van der Waals surface area contributed by atoms with Crippen LogP contribution in [-0.4, -0.2) is 79.8 Å². The Morgan fingerprint density at radius 1 is 1.00 bits per heavy atom. The molecule has 8 heteroatoms. The second-order valence-electron chi connectivity index (χ2n) is 5.38. The van der Waals surface area contributed by atoms with E-state index in [9.17, 15) is 9.59 Å². The molecule has 8 nitrogen and oxygen atoms in total. The number of carbonyl (C=O) groups is 2. The molecule has 0 bridgehead atoms. The van der Waals surface area contributed by atoms with Crippen LogP contribution in [0.1, 0.15) is 6.92 Å². The number of ether oxygens (including phenoxy) is 3. The third kappa shape index (κ3) is 4.06.